The Kier molecular flexibility index (Phi) is 5.55. The lowest BCUT2D eigenvalue weighted by Crippen LogP contribution is -2.53. The molecule has 1 heterocycles. The van der Waals surface area contributed by atoms with Crippen molar-refractivity contribution in [3.63, 3.8) is 0 Å². The molecular formula is C24H23ClN2O3. The van der Waals surface area contributed by atoms with E-state index in [1.54, 1.807) is 31.3 Å². The lowest BCUT2D eigenvalue weighted by Gasteiger charge is -2.44. The fraction of sp³-hybridized carbons (Fsp3) is 0.208. The van der Waals surface area contributed by atoms with Gasteiger partial charge in [0.15, 0.2) is 11.5 Å². The molecule has 4 rings (SSSR count). The highest BCUT2D eigenvalue weighted by molar-refractivity contribution is 6.30. The zero-order valence-corrected chi connectivity index (χ0v) is 17.9. The van der Waals surface area contributed by atoms with Crippen LogP contribution in [0.15, 0.2) is 66.7 Å². The van der Waals surface area contributed by atoms with Crippen LogP contribution in [0.5, 0.6) is 11.5 Å². The van der Waals surface area contributed by atoms with Crippen LogP contribution >= 0.6 is 11.6 Å². The topological polar surface area (TPSA) is 42.0 Å². The minimum Gasteiger partial charge on any atom is -0.493 e. The molecule has 3 aromatic rings. The molecular weight excluding hydrogens is 400 g/mol. The summed E-state index contributed by atoms with van der Waals surface area (Å²) in [5, 5.41) is 0.637. The summed E-state index contributed by atoms with van der Waals surface area (Å²) >= 11 is 6.06. The Bertz CT molecular complexity index is 1070. The first-order valence-electron chi connectivity index (χ1n) is 9.69. The van der Waals surface area contributed by atoms with Gasteiger partial charge in [-0.15, -0.1) is 0 Å². The first-order chi connectivity index (χ1) is 14.5. The molecule has 0 saturated carbocycles. The molecule has 1 unspecified atom stereocenters. The third-order valence-electron chi connectivity index (χ3n) is 5.39. The first kappa shape index (κ1) is 20.1. The fourth-order valence-corrected chi connectivity index (χ4v) is 4.00. The monoisotopic (exact) mass is 422 g/mol. The van der Waals surface area contributed by atoms with E-state index in [1.807, 2.05) is 61.5 Å². The van der Waals surface area contributed by atoms with Crippen molar-refractivity contribution in [2.45, 2.75) is 19.6 Å². The number of carbonyl (C=O) groups is 1. The average molecular weight is 423 g/mol. The molecule has 3 aromatic carbocycles. The fourth-order valence-electron chi connectivity index (χ4n) is 3.87. The smallest absolute Gasteiger partial charge is 0.262 e. The summed E-state index contributed by atoms with van der Waals surface area (Å²) < 4.78 is 10.8. The molecule has 30 heavy (non-hydrogen) atoms. The van der Waals surface area contributed by atoms with Gasteiger partial charge in [-0.25, -0.2) is 0 Å². The highest BCUT2D eigenvalue weighted by Crippen LogP contribution is 2.36. The van der Waals surface area contributed by atoms with Crippen LogP contribution in [-0.4, -0.2) is 26.3 Å². The second kappa shape index (κ2) is 8.28. The van der Waals surface area contributed by atoms with Gasteiger partial charge in [-0.2, -0.15) is 0 Å². The largest absolute Gasteiger partial charge is 0.493 e. The van der Waals surface area contributed by atoms with E-state index in [-0.39, 0.29) is 12.1 Å². The number of benzene rings is 3. The third-order valence-corrected chi connectivity index (χ3v) is 5.65. The van der Waals surface area contributed by atoms with E-state index in [9.17, 15) is 4.79 Å². The Hall–Kier alpha value is -3.18. The molecule has 1 aliphatic rings. The Labute approximate surface area is 181 Å². The Morgan fingerprint density at radius 1 is 0.933 bits per heavy atom. The molecule has 0 aromatic heterocycles. The van der Waals surface area contributed by atoms with Crippen molar-refractivity contribution in [1.82, 2.24) is 0 Å². The zero-order chi connectivity index (χ0) is 21.3. The molecule has 1 atom stereocenters. The predicted molar refractivity (Wildman–Crippen MR) is 120 cm³/mol. The number of hydrogen-bond acceptors (Lipinski definition) is 4. The molecule has 5 nitrogen and oxygen atoms in total. The second-order valence-corrected chi connectivity index (χ2v) is 7.55. The summed E-state index contributed by atoms with van der Waals surface area (Å²) in [5.74, 6) is 1.34. The van der Waals surface area contributed by atoms with Crippen LogP contribution in [0, 0.1) is 0 Å². The molecule has 0 bridgehead atoms. The number of ether oxygens (including phenoxy) is 2. The number of amides is 1. The van der Waals surface area contributed by atoms with E-state index >= 15 is 0 Å². The van der Waals surface area contributed by atoms with Crippen molar-refractivity contribution in [2.24, 2.45) is 0 Å². The van der Waals surface area contributed by atoms with Gasteiger partial charge in [0.05, 0.1) is 25.5 Å². The van der Waals surface area contributed by atoms with Gasteiger partial charge in [0.1, 0.15) is 6.17 Å². The summed E-state index contributed by atoms with van der Waals surface area (Å²) in [5.41, 5.74) is 3.45. The molecule has 0 N–H and O–H groups in total. The molecule has 0 radical (unpaired) electrons. The third kappa shape index (κ3) is 3.57. The highest BCUT2D eigenvalue weighted by Gasteiger charge is 2.35. The quantitative estimate of drug-likeness (QED) is 0.554. The predicted octanol–water partition coefficient (Wildman–Crippen LogP) is 5.37. The van der Waals surface area contributed by atoms with E-state index in [0.29, 0.717) is 28.6 Å². The number of nitrogens with zero attached hydrogens (tertiary/aromatic N) is 2. The maximum absolute atomic E-state index is 13.3. The van der Waals surface area contributed by atoms with E-state index in [2.05, 4.69) is 4.90 Å². The summed E-state index contributed by atoms with van der Waals surface area (Å²) in [7, 11) is 3.25. The van der Waals surface area contributed by atoms with Crippen LogP contribution in [0.4, 0.5) is 11.4 Å². The Morgan fingerprint density at radius 2 is 1.63 bits per heavy atom. The summed E-state index contributed by atoms with van der Waals surface area (Å²) in [6.45, 7) is 2.64. The van der Waals surface area contributed by atoms with Crippen molar-refractivity contribution in [3.05, 3.63) is 82.9 Å². The van der Waals surface area contributed by atoms with Gasteiger partial charge in [-0.3, -0.25) is 9.69 Å². The van der Waals surface area contributed by atoms with Crippen molar-refractivity contribution in [2.75, 3.05) is 24.0 Å². The Morgan fingerprint density at radius 3 is 2.33 bits per heavy atom. The standard InChI is InChI=1S/C24H23ClN2O3/c1-16-26(15-17-8-13-22(29-2)23(14-17)30-3)21-7-5-4-6-20(21)24(28)27(16)19-11-9-18(25)10-12-19/h4-14,16H,15H2,1-3H3. The average Bonchev–Trinajstić information content (AvgIpc) is 2.77. The van der Waals surface area contributed by atoms with Crippen molar-refractivity contribution in [3.8, 4) is 11.5 Å². The minimum absolute atomic E-state index is 0.0241. The van der Waals surface area contributed by atoms with Crippen LogP contribution < -0.4 is 19.3 Å². The summed E-state index contributed by atoms with van der Waals surface area (Å²) in [6, 6.07) is 20.9. The first-order valence-corrected chi connectivity index (χ1v) is 10.1. The summed E-state index contributed by atoms with van der Waals surface area (Å²) in [6.07, 6.45) is -0.193. The molecule has 6 heteroatoms. The number of halogens is 1. The van der Waals surface area contributed by atoms with Gasteiger partial charge < -0.3 is 14.4 Å². The van der Waals surface area contributed by atoms with Gasteiger partial charge in [0, 0.05) is 17.3 Å². The highest BCUT2D eigenvalue weighted by atomic mass is 35.5. The Balaban J connectivity index is 1.75. The number of rotatable bonds is 5. The molecule has 0 spiro atoms. The molecule has 0 fully saturated rings. The molecule has 1 amide bonds. The van der Waals surface area contributed by atoms with Crippen LogP contribution in [0.2, 0.25) is 5.02 Å². The van der Waals surface area contributed by atoms with Crippen molar-refractivity contribution in [1.29, 1.82) is 0 Å². The number of fused-ring (bicyclic) bond motifs is 1. The SMILES string of the molecule is COc1ccc(CN2c3ccccc3C(=O)N(c3ccc(Cl)cc3)C2C)cc1OC. The molecule has 154 valence electrons. The molecule has 0 saturated heterocycles. The number of carbonyl (C=O) groups excluding carboxylic acids is 1. The van der Waals surface area contributed by atoms with E-state index in [1.165, 1.54) is 0 Å². The minimum atomic E-state index is -0.193. The van der Waals surface area contributed by atoms with Crippen LogP contribution in [0.25, 0.3) is 0 Å². The van der Waals surface area contributed by atoms with Gasteiger partial charge in [0.25, 0.3) is 5.91 Å². The normalized spacial score (nSPS) is 15.7. The van der Waals surface area contributed by atoms with Crippen molar-refractivity contribution < 1.29 is 14.3 Å². The lowest BCUT2D eigenvalue weighted by molar-refractivity contribution is 0.0971. The van der Waals surface area contributed by atoms with Gasteiger partial charge in [0.2, 0.25) is 0 Å². The molecule has 1 aliphatic heterocycles. The molecule has 0 aliphatic carbocycles. The lowest BCUT2D eigenvalue weighted by atomic mass is 10.0. The zero-order valence-electron chi connectivity index (χ0n) is 17.1. The van der Waals surface area contributed by atoms with Crippen LogP contribution in [0.3, 0.4) is 0 Å². The maximum atomic E-state index is 13.3. The number of hydrogen-bond donors (Lipinski definition) is 0. The van der Waals surface area contributed by atoms with E-state index in [4.69, 9.17) is 21.1 Å². The van der Waals surface area contributed by atoms with Gasteiger partial charge in [-0.1, -0.05) is 29.8 Å². The van der Waals surface area contributed by atoms with Crippen LogP contribution in [-0.2, 0) is 6.54 Å². The number of para-hydroxylation sites is 1. The van der Waals surface area contributed by atoms with E-state index in [0.717, 1.165) is 16.9 Å². The number of methoxy groups -OCH3 is 2. The second-order valence-electron chi connectivity index (χ2n) is 7.12. The summed E-state index contributed by atoms with van der Waals surface area (Å²) in [4.78, 5) is 17.3. The van der Waals surface area contributed by atoms with Gasteiger partial charge in [-0.05, 0) is 61.0 Å². The van der Waals surface area contributed by atoms with Gasteiger partial charge >= 0.3 is 0 Å². The van der Waals surface area contributed by atoms with E-state index < -0.39 is 0 Å². The van der Waals surface area contributed by atoms with Crippen LogP contribution in [0.1, 0.15) is 22.8 Å². The number of anilines is 2. The van der Waals surface area contributed by atoms with Crippen molar-refractivity contribution >= 4 is 28.9 Å². The maximum Gasteiger partial charge on any atom is 0.262 e.